The maximum atomic E-state index is 12.6. The molecule has 0 saturated carbocycles. The molecule has 2 rings (SSSR count). The summed E-state index contributed by atoms with van der Waals surface area (Å²) in [6, 6.07) is 3.58. The minimum Gasteiger partial charge on any atom is -0.342 e. The normalized spacial score (nSPS) is 14.4. The van der Waals surface area contributed by atoms with Gasteiger partial charge in [-0.15, -0.1) is 0 Å². The van der Waals surface area contributed by atoms with Crippen molar-refractivity contribution >= 4 is 11.0 Å². The third kappa shape index (κ3) is 2.35. The maximum Gasteiger partial charge on any atom is 0.416 e. The van der Waals surface area contributed by atoms with Gasteiger partial charge in [0.2, 0.25) is 0 Å². The SMILES string of the molecule is CC(C)C(C)c1nc2ccc(C(F)(F)F)cc2[nH]1. The zero-order chi connectivity index (χ0) is 13.5. The average Bonchev–Trinajstić information content (AvgIpc) is 2.68. The lowest BCUT2D eigenvalue weighted by atomic mass is 9.98. The van der Waals surface area contributed by atoms with E-state index in [1.54, 1.807) is 0 Å². The molecule has 0 bridgehead atoms. The summed E-state index contributed by atoms with van der Waals surface area (Å²) in [5.41, 5.74) is 0.361. The summed E-state index contributed by atoms with van der Waals surface area (Å²) in [4.78, 5) is 7.31. The smallest absolute Gasteiger partial charge is 0.342 e. The number of imidazole rings is 1. The second-order valence-electron chi connectivity index (χ2n) is 4.88. The average molecular weight is 256 g/mol. The summed E-state index contributed by atoms with van der Waals surface area (Å²) >= 11 is 0. The second kappa shape index (κ2) is 4.30. The van der Waals surface area contributed by atoms with Gasteiger partial charge in [-0.1, -0.05) is 20.8 Å². The van der Waals surface area contributed by atoms with Crippen molar-refractivity contribution in [2.45, 2.75) is 32.9 Å². The fraction of sp³-hybridized carbons (Fsp3) is 0.462. The molecule has 1 heterocycles. The number of alkyl halides is 3. The first-order chi connectivity index (χ1) is 8.29. The summed E-state index contributed by atoms with van der Waals surface area (Å²) in [5.74, 6) is 1.30. The molecule has 1 aromatic carbocycles. The van der Waals surface area contributed by atoms with E-state index < -0.39 is 11.7 Å². The number of rotatable bonds is 2. The van der Waals surface area contributed by atoms with Crippen molar-refractivity contribution in [3.05, 3.63) is 29.6 Å². The second-order valence-corrected chi connectivity index (χ2v) is 4.88. The van der Waals surface area contributed by atoms with E-state index in [-0.39, 0.29) is 5.92 Å². The highest BCUT2D eigenvalue weighted by Gasteiger charge is 2.30. The molecule has 0 amide bonds. The first kappa shape index (κ1) is 12.9. The van der Waals surface area contributed by atoms with Crippen LogP contribution in [0.15, 0.2) is 18.2 Å². The number of fused-ring (bicyclic) bond motifs is 1. The van der Waals surface area contributed by atoms with Crippen LogP contribution in [0.25, 0.3) is 11.0 Å². The lowest BCUT2D eigenvalue weighted by molar-refractivity contribution is -0.137. The zero-order valence-electron chi connectivity index (χ0n) is 10.5. The van der Waals surface area contributed by atoms with Gasteiger partial charge in [0.1, 0.15) is 5.82 Å². The number of halogens is 3. The zero-order valence-corrected chi connectivity index (χ0v) is 10.5. The highest BCUT2D eigenvalue weighted by molar-refractivity contribution is 5.76. The number of H-pyrrole nitrogens is 1. The topological polar surface area (TPSA) is 28.7 Å². The van der Waals surface area contributed by atoms with Gasteiger partial charge in [-0.25, -0.2) is 4.98 Å². The molecular formula is C13H15F3N2. The van der Waals surface area contributed by atoms with Crippen molar-refractivity contribution < 1.29 is 13.2 Å². The lowest BCUT2D eigenvalue weighted by Crippen LogP contribution is -2.04. The molecule has 0 fully saturated rings. The Hall–Kier alpha value is -1.52. The van der Waals surface area contributed by atoms with Gasteiger partial charge < -0.3 is 4.98 Å². The monoisotopic (exact) mass is 256 g/mol. The summed E-state index contributed by atoms with van der Waals surface area (Å²) in [7, 11) is 0. The molecule has 0 radical (unpaired) electrons. The van der Waals surface area contributed by atoms with Crippen molar-refractivity contribution in [1.29, 1.82) is 0 Å². The van der Waals surface area contributed by atoms with Crippen LogP contribution in [0.2, 0.25) is 0 Å². The number of aromatic amines is 1. The van der Waals surface area contributed by atoms with E-state index in [1.807, 2.05) is 6.92 Å². The number of benzene rings is 1. The van der Waals surface area contributed by atoms with Crippen molar-refractivity contribution in [2.75, 3.05) is 0 Å². The van der Waals surface area contributed by atoms with E-state index >= 15 is 0 Å². The molecule has 0 aliphatic rings. The van der Waals surface area contributed by atoms with Crippen molar-refractivity contribution in [2.24, 2.45) is 5.92 Å². The summed E-state index contributed by atoms with van der Waals surface area (Å²) < 4.78 is 37.7. The van der Waals surface area contributed by atoms with Crippen LogP contribution in [0.4, 0.5) is 13.2 Å². The molecule has 1 aromatic heterocycles. The standard InChI is InChI=1S/C13H15F3N2/c1-7(2)8(3)12-17-10-5-4-9(13(14,15)16)6-11(10)18-12/h4-8H,1-3H3,(H,17,18). The number of hydrogen-bond acceptors (Lipinski definition) is 1. The third-order valence-electron chi connectivity index (χ3n) is 3.26. The van der Waals surface area contributed by atoms with E-state index in [4.69, 9.17) is 0 Å². The largest absolute Gasteiger partial charge is 0.416 e. The van der Waals surface area contributed by atoms with Crippen molar-refractivity contribution in [1.82, 2.24) is 9.97 Å². The molecule has 1 atom stereocenters. The lowest BCUT2D eigenvalue weighted by Gasteiger charge is -2.11. The van der Waals surface area contributed by atoms with E-state index in [0.717, 1.165) is 18.0 Å². The van der Waals surface area contributed by atoms with Gasteiger partial charge in [-0.3, -0.25) is 0 Å². The first-order valence-electron chi connectivity index (χ1n) is 5.86. The van der Waals surface area contributed by atoms with Crippen LogP contribution >= 0.6 is 0 Å². The molecule has 0 aliphatic heterocycles. The highest BCUT2D eigenvalue weighted by Crippen LogP contribution is 2.31. The quantitative estimate of drug-likeness (QED) is 0.850. The fourth-order valence-electron chi connectivity index (χ4n) is 1.74. The number of hydrogen-bond donors (Lipinski definition) is 1. The summed E-state index contributed by atoms with van der Waals surface area (Å²) in [6.45, 7) is 6.12. The van der Waals surface area contributed by atoms with Gasteiger partial charge in [0.15, 0.2) is 0 Å². The first-order valence-corrected chi connectivity index (χ1v) is 5.86. The van der Waals surface area contributed by atoms with Crippen molar-refractivity contribution in [3.8, 4) is 0 Å². The predicted octanol–water partition coefficient (Wildman–Crippen LogP) is 4.34. The molecule has 1 unspecified atom stereocenters. The Morgan fingerprint density at radius 1 is 1.17 bits per heavy atom. The van der Waals surface area contributed by atoms with E-state index in [2.05, 4.69) is 23.8 Å². The molecule has 0 spiro atoms. The third-order valence-corrected chi connectivity index (χ3v) is 3.26. The number of aromatic nitrogens is 2. The van der Waals surface area contributed by atoms with Gasteiger partial charge in [-0.05, 0) is 24.1 Å². The minimum atomic E-state index is -4.32. The summed E-state index contributed by atoms with van der Waals surface area (Å²) in [5, 5.41) is 0. The van der Waals surface area contributed by atoms with Gasteiger partial charge in [0.25, 0.3) is 0 Å². The molecule has 0 aliphatic carbocycles. The predicted molar refractivity (Wildman–Crippen MR) is 64.3 cm³/mol. The van der Waals surface area contributed by atoms with Gasteiger partial charge in [0, 0.05) is 5.92 Å². The van der Waals surface area contributed by atoms with Crippen LogP contribution in [-0.2, 0) is 6.18 Å². The van der Waals surface area contributed by atoms with E-state index in [0.29, 0.717) is 17.0 Å². The molecule has 1 N–H and O–H groups in total. The van der Waals surface area contributed by atoms with E-state index in [9.17, 15) is 13.2 Å². The van der Waals surface area contributed by atoms with Crippen molar-refractivity contribution in [3.63, 3.8) is 0 Å². The summed E-state index contributed by atoms with van der Waals surface area (Å²) in [6.07, 6.45) is -4.32. The van der Waals surface area contributed by atoms with Crippen LogP contribution in [0.3, 0.4) is 0 Å². The molecule has 2 nitrogen and oxygen atoms in total. The molecular weight excluding hydrogens is 241 g/mol. The number of nitrogens with zero attached hydrogens (tertiary/aromatic N) is 1. The van der Waals surface area contributed by atoms with Gasteiger partial charge >= 0.3 is 6.18 Å². The van der Waals surface area contributed by atoms with Crippen LogP contribution in [0, 0.1) is 5.92 Å². The van der Waals surface area contributed by atoms with Crippen LogP contribution < -0.4 is 0 Å². The van der Waals surface area contributed by atoms with Crippen LogP contribution in [0.1, 0.15) is 38.1 Å². The Morgan fingerprint density at radius 3 is 2.39 bits per heavy atom. The fourth-order valence-corrected chi connectivity index (χ4v) is 1.74. The van der Waals surface area contributed by atoms with Gasteiger partial charge in [-0.2, -0.15) is 13.2 Å². The molecule has 98 valence electrons. The van der Waals surface area contributed by atoms with Gasteiger partial charge in [0.05, 0.1) is 16.6 Å². The maximum absolute atomic E-state index is 12.6. The van der Waals surface area contributed by atoms with Crippen LogP contribution in [0.5, 0.6) is 0 Å². The minimum absolute atomic E-state index is 0.187. The van der Waals surface area contributed by atoms with Crippen LogP contribution in [-0.4, -0.2) is 9.97 Å². The molecule has 18 heavy (non-hydrogen) atoms. The Morgan fingerprint density at radius 2 is 1.83 bits per heavy atom. The van der Waals surface area contributed by atoms with E-state index in [1.165, 1.54) is 6.07 Å². The molecule has 2 aromatic rings. The number of nitrogens with one attached hydrogen (secondary N) is 1. The molecule has 0 saturated heterocycles. The Labute approximate surface area is 103 Å². The Kier molecular flexibility index (Phi) is 3.09. The highest BCUT2D eigenvalue weighted by atomic mass is 19.4. The molecule has 5 heteroatoms. The Balaban J connectivity index is 2.46. The Bertz CT molecular complexity index is 555.